The highest BCUT2D eigenvalue weighted by Gasteiger charge is 2.32. The summed E-state index contributed by atoms with van der Waals surface area (Å²) < 4.78 is 5.69. The lowest BCUT2D eigenvalue weighted by Gasteiger charge is -2.28. The summed E-state index contributed by atoms with van der Waals surface area (Å²) in [7, 11) is 6.18. The number of nitrogens with one attached hydrogen (secondary N) is 2. The largest absolute Gasteiger partial charge is 0.468 e. The van der Waals surface area contributed by atoms with Crippen LogP contribution in [0.1, 0.15) is 37.5 Å². The molecule has 6 nitrogen and oxygen atoms in total. The standard InChI is InChI=1S/C19H33N5O.HI/c1-20-19(21-13-16(23(2)3)15-8-9-15)22-14-17(18-7-6-12-25-18)24-10-4-5-11-24;/h6-7,12,15-17H,4-5,8-11,13-14H2,1-3H3,(H2,20,21,22);1H. The molecule has 2 aliphatic rings. The highest BCUT2D eigenvalue weighted by atomic mass is 127. The normalized spacial score (nSPS) is 20.7. The van der Waals surface area contributed by atoms with Crippen LogP contribution in [0.3, 0.4) is 0 Å². The van der Waals surface area contributed by atoms with E-state index in [0.717, 1.165) is 43.8 Å². The van der Waals surface area contributed by atoms with Crippen molar-refractivity contribution in [3.63, 3.8) is 0 Å². The molecule has 0 aromatic carbocycles. The smallest absolute Gasteiger partial charge is 0.191 e. The van der Waals surface area contributed by atoms with Gasteiger partial charge in [-0.15, -0.1) is 24.0 Å². The molecule has 1 saturated carbocycles. The SMILES string of the molecule is CN=C(NCC(C1CC1)N(C)C)NCC(c1ccco1)N1CCCC1.I. The van der Waals surface area contributed by atoms with Crippen molar-refractivity contribution in [1.29, 1.82) is 0 Å². The van der Waals surface area contributed by atoms with Crippen LogP contribution in [0.15, 0.2) is 27.8 Å². The van der Waals surface area contributed by atoms with E-state index in [9.17, 15) is 0 Å². The Balaban J connectivity index is 0.00000243. The molecule has 3 rings (SSSR count). The molecule has 26 heavy (non-hydrogen) atoms. The molecule has 1 aromatic rings. The third-order valence-corrected chi connectivity index (χ3v) is 5.45. The van der Waals surface area contributed by atoms with Crippen LogP contribution in [-0.2, 0) is 0 Å². The number of hydrogen-bond donors (Lipinski definition) is 2. The van der Waals surface area contributed by atoms with Crippen LogP contribution in [0.4, 0.5) is 0 Å². The first-order valence-corrected chi connectivity index (χ1v) is 9.57. The van der Waals surface area contributed by atoms with Gasteiger partial charge in [0.05, 0.1) is 12.3 Å². The molecule has 2 unspecified atom stereocenters. The van der Waals surface area contributed by atoms with Gasteiger partial charge in [0.1, 0.15) is 5.76 Å². The highest BCUT2D eigenvalue weighted by molar-refractivity contribution is 14.0. The van der Waals surface area contributed by atoms with Gasteiger partial charge >= 0.3 is 0 Å². The van der Waals surface area contributed by atoms with E-state index in [1.165, 1.54) is 25.7 Å². The van der Waals surface area contributed by atoms with Crippen LogP contribution < -0.4 is 10.6 Å². The van der Waals surface area contributed by atoms with Crippen molar-refractivity contribution in [1.82, 2.24) is 20.4 Å². The zero-order valence-electron chi connectivity index (χ0n) is 16.3. The van der Waals surface area contributed by atoms with Gasteiger partial charge in [0, 0.05) is 26.2 Å². The molecule has 0 bridgehead atoms. The second kappa shape index (κ2) is 10.5. The second-order valence-electron chi connectivity index (χ2n) is 7.48. The summed E-state index contributed by atoms with van der Waals surface area (Å²) in [5.41, 5.74) is 0. The number of hydrogen-bond acceptors (Lipinski definition) is 4. The second-order valence-corrected chi connectivity index (χ2v) is 7.48. The Morgan fingerprint density at radius 2 is 1.96 bits per heavy atom. The molecule has 0 spiro atoms. The van der Waals surface area contributed by atoms with Crippen molar-refractivity contribution in [2.24, 2.45) is 10.9 Å². The quantitative estimate of drug-likeness (QED) is 0.344. The zero-order chi connectivity index (χ0) is 17.6. The molecule has 2 atom stereocenters. The van der Waals surface area contributed by atoms with Crippen LogP contribution in [0, 0.1) is 5.92 Å². The van der Waals surface area contributed by atoms with E-state index in [0.29, 0.717) is 6.04 Å². The number of guanidine groups is 1. The van der Waals surface area contributed by atoms with Gasteiger partial charge in [-0.1, -0.05) is 0 Å². The molecular weight excluding hydrogens is 441 g/mol. The molecular formula is C19H34IN5O. The van der Waals surface area contributed by atoms with Crippen molar-refractivity contribution in [2.45, 2.75) is 37.8 Å². The van der Waals surface area contributed by atoms with E-state index in [4.69, 9.17) is 4.42 Å². The minimum Gasteiger partial charge on any atom is -0.468 e. The Kier molecular flexibility index (Phi) is 8.69. The van der Waals surface area contributed by atoms with E-state index in [1.807, 2.05) is 13.1 Å². The van der Waals surface area contributed by atoms with Crippen LogP contribution in [0.2, 0.25) is 0 Å². The number of likely N-dealkylation sites (N-methyl/N-ethyl adjacent to an activating group) is 1. The minimum absolute atomic E-state index is 0. The summed E-state index contributed by atoms with van der Waals surface area (Å²) >= 11 is 0. The predicted octanol–water partition coefficient (Wildman–Crippen LogP) is 2.54. The van der Waals surface area contributed by atoms with Gasteiger partial charge in [0.2, 0.25) is 0 Å². The van der Waals surface area contributed by atoms with E-state index >= 15 is 0 Å². The summed E-state index contributed by atoms with van der Waals surface area (Å²) in [5.74, 6) is 2.75. The number of aliphatic imine (C=N–C) groups is 1. The number of nitrogens with zero attached hydrogens (tertiary/aromatic N) is 3. The molecule has 2 heterocycles. The van der Waals surface area contributed by atoms with E-state index in [-0.39, 0.29) is 30.0 Å². The predicted molar refractivity (Wildman–Crippen MR) is 117 cm³/mol. The molecule has 1 saturated heterocycles. The molecule has 1 aliphatic carbocycles. The number of furan rings is 1. The van der Waals surface area contributed by atoms with Gasteiger partial charge in [-0.05, 0) is 70.9 Å². The summed E-state index contributed by atoms with van der Waals surface area (Å²) in [6, 6.07) is 4.90. The van der Waals surface area contributed by atoms with E-state index in [1.54, 1.807) is 6.26 Å². The Morgan fingerprint density at radius 1 is 1.27 bits per heavy atom. The average molecular weight is 475 g/mol. The molecule has 1 aromatic heterocycles. The monoisotopic (exact) mass is 475 g/mol. The van der Waals surface area contributed by atoms with Gasteiger partial charge < -0.3 is 20.0 Å². The lowest BCUT2D eigenvalue weighted by molar-refractivity contribution is 0.215. The molecule has 0 amide bonds. The van der Waals surface area contributed by atoms with Gasteiger partial charge in [0.25, 0.3) is 0 Å². The summed E-state index contributed by atoms with van der Waals surface area (Å²) in [6.07, 6.45) is 7.02. The highest BCUT2D eigenvalue weighted by Crippen LogP contribution is 2.34. The first kappa shape index (κ1) is 21.5. The maximum absolute atomic E-state index is 5.69. The minimum atomic E-state index is 0. The van der Waals surface area contributed by atoms with E-state index < -0.39 is 0 Å². The third kappa shape index (κ3) is 5.85. The van der Waals surface area contributed by atoms with Gasteiger partial charge in [0.15, 0.2) is 5.96 Å². The Hall–Kier alpha value is -0.800. The van der Waals surface area contributed by atoms with Crippen LogP contribution in [-0.4, -0.2) is 69.1 Å². The first-order valence-electron chi connectivity index (χ1n) is 9.57. The lowest BCUT2D eigenvalue weighted by Crippen LogP contribution is -2.47. The lowest BCUT2D eigenvalue weighted by atomic mass is 10.1. The van der Waals surface area contributed by atoms with Gasteiger partial charge in [-0.3, -0.25) is 9.89 Å². The zero-order valence-corrected chi connectivity index (χ0v) is 18.6. The fourth-order valence-corrected chi connectivity index (χ4v) is 3.81. The maximum atomic E-state index is 5.69. The van der Waals surface area contributed by atoms with Gasteiger partial charge in [-0.25, -0.2) is 0 Å². The molecule has 148 valence electrons. The van der Waals surface area contributed by atoms with Crippen LogP contribution in [0.25, 0.3) is 0 Å². The summed E-state index contributed by atoms with van der Waals surface area (Å²) in [5, 5.41) is 7.02. The topological polar surface area (TPSA) is 56.0 Å². The van der Waals surface area contributed by atoms with Gasteiger partial charge in [-0.2, -0.15) is 0 Å². The van der Waals surface area contributed by atoms with Crippen molar-refractivity contribution >= 4 is 29.9 Å². The third-order valence-electron chi connectivity index (χ3n) is 5.45. The Morgan fingerprint density at radius 3 is 2.50 bits per heavy atom. The molecule has 2 fully saturated rings. The number of rotatable bonds is 8. The average Bonchev–Trinajstić information content (AvgIpc) is 3.07. The summed E-state index contributed by atoms with van der Waals surface area (Å²) in [6.45, 7) is 4.03. The molecule has 0 radical (unpaired) electrons. The fourth-order valence-electron chi connectivity index (χ4n) is 3.81. The van der Waals surface area contributed by atoms with Crippen molar-refractivity contribution in [3.8, 4) is 0 Å². The van der Waals surface area contributed by atoms with Crippen molar-refractivity contribution in [3.05, 3.63) is 24.2 Å². The number of halogens is 1. The van der Waals surface area contributed by atoms with E-state index in [2.05, 4.69) is 45.6 Å². The summed E-state index contributed by atoms with van der Waals surface area (Å²) in [4.78, 5) is 9.24. The van der Waals surface area contributed by atoms with Crippen molar-refractivity contribution in [2.75, 3.05) is 47.3 Å². The Labute approximate surface area is 174 Å². The number of likely N-dealkylation sites (tertiary alicyclic amines) is 1. The first-order chi connectivity index (χ1) is 12.2. The Bertz CT molecular complexity index is 536. The fraction of sp³-hybridized carbons (Fsp3) is 0.737. The van der Waals surface area contributed by atoms with Crippen molar-refractivity contribution < 1.29 is 4.42 Å². The maximum Gasteiger partial charge on any atom is 0.191 e. The van der Waals surface area contributed by atoms with Crippen LogP contribution in [0.5, 0.6) is 0 Å². The van der Waals surface area contributed by atoms with Crippen LogP contribution >= 0.6 is 24.0 Å². The molecule has 2 N–H and O–H groups in total. The molecule has 7 heteroatoms. The molecule has 1 aliphatic heterocycles.